The van der Waals surface area contributed by atoms with E-state index < -0.39 is 17.7 Å². The molecule has 2 heterocycles. The van der Waals surface area contributed by atoms with Crippen LogP contribution in [0.25, 0.3) is 16.7 Å². The number of ether oxygens (including phenoxy) is 1. The van der Waals surface area contributed by atoms with Crippen molar-refractivity contribution in [3.05, 3.63) is 99.7 Å². The Morgan fingerprint density at radius 1 is 0.944 bits per heavy atom. The van der Waals surface area contributed by atoms with Crippen LogP contribution in [0, 0.1) is 27.7 Å². The molecule has 0 bridgehead atoms. The molecule has 6 nitrogen and oxygen atoms in total. The minimum atomic E-state index is -0.802. The van der Waals surface area contributed by atoms with Crippen LogP contribution in [0.2, 0.25) is 0 Å². The number of fused-ring (bicyclic) bond motifs is 1. The van der Waals surface area contributed by atoms with Crippen LogP contribution in [-0.4, -0.2) is 28.9 Å². The number of Topliss-reactive ketones (excluding diaryl/α,β-unsaturated/α-hetero) is 1. The smallest absolute Gasteiger partial charge is 0.300 e. The van der Waals surface area contributed by atoms with Crippen molar-refractivity contribution in [1.82, 2.24) is 4.98 Å². The van der Waals surface area contributed by atoms with Gasteiger partial charge in [-0.3, -0.25) is 14.5 Å². The summed E-state index contributed by atoms with van der Waals surface area (Å²) < 4.78 is 5.30. The molecule has 1 fully saturated rings. The molecule has 1 aliphatic heterocycles. The van der Waals surface area contributed by atoms with Crippen molar-refractivity contribution in [1.29, 1.82) is 0 Å². The highest BCUT2D eigenvalue weighted by Gasteiger charge is 2.48. The van der Waals surface area contributed by atoms with Gasteiger partial charge in [0, 0.05) is 33.4 Å². The fourth-order valence-corrected chi connectivity index (χ4v) is 5.29. The first kappa shape index (κ1) is 23.4. The molecule has 0 aliphatic carbocycles. The summed E-state index contributed by atoms with van der Waals surface area (Å²) in [6.07, 6.45) is 0. The van der Waals surface area contributed by atoms with Gasteiger partial charge in [-0.15, -0.1) is 0 Å². The molecule has 1 amide bonds. The van der Waals surface area contributed by atoms with Gasteiger partial charge in [0.15, 0.2) is 0 Å². The van der Waals surface area contributed by atoms with Gasteiger partial charge >= 0.3 is 0 Å². The highest BCUT2D eigenvalue weighted by Crippen LogP contribution is 2.46. The fourth-order valence-electron chi connectivity index (χ4n) is 5.29. The maximum absolute atomic E-state index is 13.6. The average molecular weight is 481 g/mol. The number of nitrogens with zero attached hydrogens (tertiary/aromatic N) is 1. The molecule has 1 aliphatic rings. The van der Waals surface area contributed by atoms with E-state index in [1.807, 2.05) is 70.2 Å². The molecule has 0 saturated carbocycles. The van der Waals surface area contributed by atoms with Crippen LogP contribution in [0.15, 0.2) is 66.2 Å². The number of rotatable bonds is 4. The first-order chi connectivity index (χ1) is 17.2. The van der Waals surface area contributed by atoms with E-state index >= 15 is 0 Å². The molecule has 5 rings (SSSR count). The lowest BCUT2D eigenvalue weighted by atomic mass is 9.92. The maximum atomic E-state index is 13.6. The number of anilines is 1. The Balaban J connectivity index is 1.83. The number of aliphatic hydroxyl groups is 1. The minimum Gasteiger partial charge on any atom is -0.507 e. The summed E-state index contributed by atoms with van der Waals surface area (Å²) in [6, 6.07) is 18.0. The highest BCUT2D eigenvalue weighted by atomic mass is 16.5. The van der Waals surface area contributed by atoms with Gasteiger partial charge in [0.25, 0.3) is 11.7 Å². The third-order valence-corrected chi connectivity index (χ3v) is 6.83. The van der Waals surface area contributed by atoms with Gasteiger partial charge < -0.3 is 14.8 Å². The number of carbonyl (C=O) groups is 2. The highest BCUT2D eigenvalue weighted by molar-refractivity contribution is 6.52. The van der Waals surface area contributed by atoms with E-state index in [0.29, 0.717) is 17.0 Å². The molecular weight excluding hydrogens is 452 g/mol. The number of carbonyl (C=O) groups excluding carboxylic acids is 2. The molecule has 0 radical (unpaired) electrons. The monoisotopic (exact) mass is 480 g/mol. The lowest BCUT2D eigenvalue weighted by Gasteiger charge is -2.26. The molecule has 3 aromatic carbocycles. The zero-order valence-electron chi connectivity index (χ0n) is 21.0. The summed E-state index contributed by atoms with van der Waals surface area (Å²) in [5, 5.41) is 12.5. The second-order valence-electron chi connectivity index (χ2n) is 9.41. The Labute approximate surface area is 209 Å². The van der Waals surface area contributed by atoms with Crippen molar-refractivity contribution in [2.75, 3.05) is 12.0 Å². The van der Waals surface area contributed by atoms with Gasteiger partial charge in [-0.05, 0) is 80.8 Å². The number of hydrogen-bond acceptors (Lipinski definition) is 4. The normalized spacial score (nSPS) is 17.2. The first-order valence-corrected chi connectivity index (χ1v) is 11.8. The van der Waals surface area contributed by atoms with Crippen LogP contribution in [-0.2, 0) is 9.59 Å². The largest absolute Gasteiger partial charge is 0.507 e. The zero-order chi connectivity index (χ0) is 25.7. The number of aryl methyl sites for hydroxylation is 4. The summed E-state index contributed by atoms with van der Waals surface area (Å²) >= 11 is 0. The first-order valence-electron chi connectivity index (χ1n) is 11.8. The summed E-state index contributed by atoms with van der Waals surface area (Å²) in [5.41, 5.74) is 6.38. The predicted molar refractivity (Wildman–Crippen MR) is 141 cm³/mol. The van der Waals surface area contributed by atoms with Gasteiger partial charge in [-0.25, -0.2) is 0 Å². The van der Waals surface area contributed by atoms with Crippen LogP contribution >= 0.6 is 0 Å². The second kappa shape index (κ2) is 8.72. The Kier molecular flexibility index (Phi) is 5.67. The van der Waals surface area contributed by atoms with E-state index in [2.05, 4.69) is 4.98 Å². The van der Waals surface area contributed by atoms with Crippen LogP contribution in [0.3, 0.4) is 0 Å². The van der Waals surface area contributed by atoms with Crippen molar-refractivity contribution in [3.8, 4) is 5.75 Å². The van der Waals surface area contributed by atoms with Crippen molar-refractivity contribution in [2.24, 2.45) is 0 Å². The average Bonchev–Trinajstić information content (AvgIpc) is 3.30. The third-order valence-electron chi connectivity index (χ3n) is 6.83. The van der Waals surface area contributed by atoms with E-state index in [0.717, 1.165) is 38.9 Å². The number of H-pyrrole nitrogens is 1. The lowest BCUT2D eigenvalue weighted by molar-refractivity contribution is -0.132. The molecule has 36 heavy (non-hydrogen) atoms. The Morgan fingerprint density at radius 2 is 1.64 bits per heavy atom. The summed E-state index contributed by atoms with van der Waals surface area (Å²) in [7, 11) is 1.57. The Bertz CT molecular complexity index is 1560. The topological polar surface area (TPSA) is 82.6 Å². The van der Waals surface area contributed by atoms with Gasteiger partial charge in [-0.1, -0.05) is 24.3 Å². The third kappa shape index (κ3) is 3.66. The second-order valence-corrected chi connectivity index (χ2v) is 9.41. The van der Waals surface area contributed by atoms with Crippen molar-refractivity contribution >= 4 is 34.0 Å². The summed E-state index contributed by atoms with van der Waals surface area (Å²) in [6.45, 7) is 7.68. The number of aromatic amines is 1. The minimum absolute atomic E-state index is 0.0697. The van der Waals surface area contributed by atoms with E-state index in [1.165, 1.54) is 4.90 Å². The molecule has 1 aromatic heterocycles. The van der Waals surface area contributed by atoms with Crippen molar-refractivity contribution < 1.29 is 19.4 Å². The van der Waals surface area contributed by atoms with Crippen LogP contribution < -0.4 is 9.64 Å². The van der Waals surface area contributed by atoms with E-state index in [-0.39, 0.29) is 11.3 Å². The molecule has 182 valence electrons. The summed E-state index contributed by atoms with van der Waals surface area (Å²) in [4.78, 5) is 32.1. The standard InChI is InChI=1S/C30H28N2O4/c1-16-12-17(2)14-20(13-16)32-27(25-19(4)31-24-9-7-6-8-23(24)25)26(29(34)30(32)35)28(33)22-11-10-21(36-5)15-18(22)3/h6-15,27,31,33H,1-5H3/b28-26+. The van der Waals surface area contributed by atoms with Crippen molar-refractivity contribution in [2.45, 2.75) is 33.7 Å². The molecule has 1 unspecified atom stereocenters. The van der Waals surface area contributed by atoms with Crippen molar-refractivity contribution in [3.63, 3.8) is 0 Å². The number of hydrogen-bond donors (Lipinski definition) is 2. The fraction of sp³-hybridized carbons (Fsp3) is 0.200. The number of benzene rings is 3. The quantitative estimate of drug-likeness (QED) is 0.212. The number of nitrogens with one attached hydrogen (secondary N) is 1. The Hall–Kier alpha value is -4.32. The SMILES string of the molecule is COc1ccc(/C(O)=C2\C(=O)C(=O)N(c3cc(C)cc(C)c3)C2c2c(C)[nH]c3ccccc23)c(C)c1. The molecule has 1 saturated heterocycles. The van der Waals surface area contributed by atoms with E-state index in [1.54, 1.807) is 25.3 Å². The molecule has 1 atom stereocenters. The Morgan fingerprint density at radius 3 is 2.31 bits per heavy atom. The number of aromatic nitrogens is 1. The molecule has 6 heteroatoms. The van der Waals surface area contributed by atoms with Crippen LogP contribution in [0.4, 0.5) is 5.69 Å². The number of amides is 1. The van der Waals surface area contributed by atoms with E-state index in [4.69, 9.17) is 4.74 Å². The van der Waals surface area contributed by atoms with Crippen LogP contribution in [0.5, 0.6) is 5.75 Å². The van der Waals surface area contributed by atoms with Gasteiger partial charge in [0.1, 0.15) is 11.5 Å². The van der Waals surface area contributed by atoms with Crippen LogP contribution in [0.1, 0.15) is 39.6 Å². The molecule has 4 aromatic rings. The van der Waals surface area contributed by atoms with Gasteiger partial charge in [0.05, 0.1) is 18.7 Å². The zero-order valence-corrected chi connectivity index (χ0v) is 21.0. The number of para-hydroxylation sites is 1. The molecule has 0 spiro atoms. The lowest BCUT2D eigenvalue weighted by Crippen LogP contribution is -2.29. The predicted octanol–water partition coefficient (Wildman–Crippen LogP) is 6.04. The number of aliphatic hydroxyl groups excluding tert-OH is 1. The summed E-state index contributed by atoms with van der Waals surface area (Å²) in [5.74, 6) is -0.933. The maximum Gasteiger partial charge on any atom is 0.300 e. The molecular formula is C30H28N2O4. The van der Waals surface area contributed by atoms with Gasteiger partial charge in [-0.2, -0.15) is 0 Å². The molecule has 2 N–H and O–H groups in total. The number of ketones is 1. The van der Waals surface area contributed by atoms with E-state index in [9.17, 15) is 14.7 Å². The number of methoxy groups -OCH3 is 1. The van der Waals surface area contributed by atoms with Gasteiger partial charge in [0.2, 0.25) is 0 Å².